The van der Waals surface area contributed by atoms with Crippen LogP contribution in [0.25, 0.3) is 0 Å². The molecule has 1 aliphatic heterocycles. The molecule has 1 aromatic rings. The molecule has 1 N–H and O–H groups in total. The van der Waals surface area contributed by atoms with Crippen molar-refractivity contribution in [2.24, 2.45) is 0 Å². The summed E-state index contributed by atoms with van der Waals surface area (Å²) in [7, 11) is 4.14. The molecule has 1 unspecified atom stereocenters. The van der Waals surface area contributed by atoms with Crippen molar-refractivity contribution in [3.63, 3.8) is 0 Å². The Bertz CT molecular complexity index is 457. The summed E-state index contributed by atoms with van der Waals surface area (Å²) in [4.78, 5) is 15.7. The van der Waals surface area contributed by atoms with Crippen molar-refractivity contribution in [3.05, 3.63) is 29.3 Å². The molecule has 1 aliphatic rings. The summed E-state index contributed by atoms with van der Waals surface area (Å²) in [6.45, 7) is 3.74. The first kappa shape index (κ1) is 12.9. The molecule has 1 saturated heterocycles. The van der Waals surface area contributed by atoms with Crippen molar-refractivity contribution in [2.75, 3.05) is 32.1 Å². The quantitative estimate of drug-likeness (QED) is 0.886. The summed E-state index contributed by atoms with van der Waals surface area (Å²) in [5.41, 5.74) is 2.24. The average molecular weight is 248 g/mol. The van der Waals surface area contributed by atoms with Crippen LogP contribution in [0.4, 0.5) is 5.69 Å². The Labute approximate surface area is 108 Å². The summed E-state index contributed by atoms with van der Waals surface area (Å²) in [6, 6.07) is 6.16. The molecule has 1 heterocycles. The number of aromatic carboxylic acids is 1. The van der Waals surface area contributed by atoms with Gasteiger partial charge in [-0.05, 0) is 39.6 Å². The number of hydrogen-bond acceptors (Lipinski definition) is 3. The van der Waals surface area contributed by atoms with E-state index in [-0.39, 0.29) is 0 Å². The van der Waals surface area contributed by atoms with Gasteiger partial charge in [-0.3, -0.25) is 0 Å². The Hall–Kier alpha value is -1.55. The molecule has 0 aliphatic carbocycles. The maximum absolute atomic E-state index is 11.3. The SMILES string of the molecule is Cc1ccc(N2CCC(N(C)C)C2)c(C(=O)O)c1. The van der Waals surface area contributed by atoms with Crippen molar-refractivity contribution < 1.29 is 9.90 Å². The maximum atomic E-state index is 11.3. The van der Waals surface area contributed by atoms with Crippen LogP contribution in [0.1, 0.15) is 22.3 Å². The van der Waals surface area contributed by atoms with Crippen LogP contribution in [0, 0.1) is 6.92 Å². The third kappa shape index (κ3) is 2.48. The van der Waals surface area contributed by atoms with Gasteiger partial charge in [0.1, 0.15) is 0 Å². The van der Waals surface area contributed by atoms with Crippen LogP contribution in [0.3, 0.4) is 0 Å². The van der Waals surface area contributed by atoms with Crippen LogP contribution in [0.2, 0.25) is 0 Å². The molecule has 0 amide bonds. The van der Waals surface area contributed by atoms with Crippen molar-refractivity contribution in [3.8, 4) is 0 Å². The van der Waals surface area contributed by atoms with Crippen LogP contribution >= 0.6 is 0 Å². The number of carboxylic acids is 1. The van der Waals surface area contributed by atoms with E-state index in [9.17, 15) is 9.90 Å². The van der Waals surface area contributed by atoms with E-state index in [2.05, 4.69) is 23.9 Å². The molecule has 0 aromatic heterocycles. The molecule has 1 fully saturated rings. The van der Waals surface area contributed by atoms with Crippen LogP contribution in [-0.2, 0) is 0 Å². The van der Waals surface area contributed by atoms with Gasteiger partial charge in [0.15, 0.2) is 0 Å². The molecule has 4 heteroatoms. The molecule has 1 atom stereocenters. The monoisotopic (exact) mass is 248 g/mol. The predicted octanol–water partition coefficient (Wildman–Crippen LogP) is 1.83. The zero-order chi connectivity index (χ0) is 13.3. The summed E-state index contributed by atoms with van der Waals surface area (Å²) in [6.07, 6.45) is 1.08. The van der Waals surface area contributed by atoms with E-state index in [0.717, 1.165) is 30.8 Å². The highest BCUT2D eigenvalue weighted by molar-refractivity contribution is 5.94. The minimum absolute atomic E-state index is 0.411. The van der Waals surface area contributed by atoms with E-state index >= 15 is 0 Å². The Morgan fingerprint density at radius 1 is 1.44 bits per heavy atom. The summed E-state index contributed by atoms with van der Waals surface area (Å²) in [5.74, 6) is -0.845. The smallest absolute Gasteiger partial charge is 0.337 e. The highest BCUT2D eigenvalue weighted by atomic mass is 16.4. The van der Waals surface area contributed by atoms with Gasteiger partial charge >= 0.3 is 5.97 Å². The van der Waals surface area contributed by atoms with Crippen LogP contribution < -0.4 is 4.90 Å². The van der Waals surface area contributed by atoms with Gasteiger partial charge in [0.25, 0.3) is 0 Å². The van der Waals surface area contributed by atoms with Crippen molar-refractivity contribution in [1.29, 1.82) is 0 Å². The molecule has 0 bridgehead atoms. The summed E-state index contributed by atoms with van der Waals surface area (Å²) >= 11 is 0. The van der Waals surface area contributed by atoms with Crippen LogP contribution in [0.15, 0.2) is 18.2 Å². The minimum Gasteiger partial charge on any atom is -0.478 e. The highest BCUT2D eigenvalue weighted by Gasteiger charge is 2.26. The Morgan fingerprint density at radius 2 is 2.17 bits per heavy atom. The fourth-order valence-corrected chi connectivity index (χ4v) is 2.48. The second kappa shape index (κ2) is 4.98. The van der Waals surface area contributed by atoms with Gasteiger partial charge in [-0.2, -0.15) is 0 Å². The lowest BCUT2D eigenvalue weighted by Gasteiger charge is -2.23. The molecule has 18 heavy (non-hydrogen) atoms. The van der Waals surface area contributed by atoms with Crippen molar-refractivity contribution in [2.45, 2.75) is 19.4 Å². The van der Waals surface area contributed by atoms with E-state index in [1.165, 1.54) is 0 Å². The fourth-order valence-electron chi connectivity index (χ4n) is 2.48. The largest absolute Gasteiger partial charge is 0.478 e. The van der Waals surface area contributed by atoms with Crippen molar-refractivity contribution in [1.82, 2.24) is 4.90 Å². The van der Waals surface area contributed by atoms with E-state index in [0.29, 0.717) is 11.6 Å². The van der Waals surface area contributed by atoms with Crippen LogP contribution in [0.5, 0.6) is 0 Å². The zero-order valence-electron chi connectivity index (χ0n) is 11.2. The van der Waals surface area contributed by atoms with Gasteiger partial charge in [-0.1, -0.05) is 11.6 Å². The van der Waals surface area contributed by atoms with Gasteiger partial charge in [-0.15, -0.1) is 0 Å². The lowest BCUT2D eigenvalue weighted by molar-refractivity contribution is 0.0697. The van der Waals surface area contributed by atoms with E-state index < -0.39 is 5.97 Å². The van der Waals surface area contributed by atoms with E-state index in [1.807, 2.05) is 19.1 Å². The second-order valence-electron chi connectivity index (χ2n) is 5.18. The molecule has 4 nitrogen and oxygen atoms in total. The average Bonchev–Trinajstić information content (AvgIpc) is 2.78. The lowest BCUT2D eigenvalue weighted by atomic mass is 10.1. The lowest BCUT2D eigenvalue weighted by Crippen LogP contribution is -2.32. The number of aryl methyl sites for hydroxylation is 1. The highest BCUT2D eigenvalue weighted by Crippen LogP contribution is 2.26. The fraction of sp³-hybridized carbons (Fsp3) is 0.500. The molecular weight excluding hydrogens is 228 g/mol. The number of anilines is 1. The molecule has 0 radical (unpaired) electrons. The number of rotatable bonds is 3. The number of nitrogens with zero attached hydrogens (tertiary/aromatic N) is 2. The molecule has 0 spiro atoms. The number of likely N-dealkylation sites (N-methyl/N-ethyl adjacent to an activating group) is 1. The van der Waals surface area contributed by atoms with E-state index in [1.54, 1.807) is 6.07 Å². The number of carbonyl (C=O) groups is 1. The Balaban J connectivity index is 2.27. The molecule has 98 valence electrons. The first-order chi connectivity index (χ1) is 8.49. The molecule has 2 rings (SSSR count). The third-order valence-electron chi connectivity index (χ3n) is 3.62. The Kier molecular flexibility index (Phi) is 3.57. The van der Waals surface area contributed by atoms with Crippen LogP contribution in [-0.4, -0.2) is 49.2 Å². The molecule has 1 aromatic carbocycles. The van der Waals surface area contributed by atoms with E-state index in [4.69, 9.17) is 0 Å². The zero-order valence-corrected chi connectivity index (χ0v) is 11.2. The van der Waals surface area contributed by atoms with Gasteiger partial charge in [-0.25, -0.2) is 4.79 Å². The topological polar surface area (TPSA) is 43.8 Å². The minimum atomic E-state index is -0.845. The molecular formula is C14H20N2O2. The second-order valence-corrected chi connectivity index (χ2v) is 5.18. The normalized spacial score (nSPS) is 19.6. The number of carboxylic acid groups (broad SMARTS) is 1. The first-order valence-corrected chi connectivity index (χ1v) is 6.24. The summed E-state index contributed by atoms with van der Waals surface area (Å²) < 4.78 is 0. The van der Waals surface area contributed by atoms with Gasteiger partial charge in [0.05, 0.1) is 11.3 Å². The third-order valence-corrected chi connectivity index (χ3v) is 3.62. The van der Waals surface area contributed by atoms with Crippen molar-refractivity contribution >= 4 is 11.7 Å². The van der Waals surface area contributed by atoms with Gasteiger partial charge < -0.3 is 14.9 Å². The number of hydrogen-bond donors (Lipinski definition) is 1. The van der Waals surface area contributed by atoms with Gasteiger partial charge in [0.2, 0.25) is 0 Å². The Morgan fingerprint density at radius 3 is 2.72 bits per heavy atom. The number of benzene rings is 1. The standard InChI is InChI=1S/C14H20N2O2/c1-10-4-5-13(12(8-10)14(17)18)16-7-6-11(9-16)15(2)3/h4-5,8,11H,6-7,9H2,1-3H3,(H,17,18). The first-order valence-electron chi connectivity index (χ1n) is 6.24. The summed E-state index contributed by atoms with van der Waals surface area (Å²) in [5, 5.41) is 9.29. The van der Waals surface area contributed by atoms with Gasteiger partial charge in [0, 0.05) is 19.1 Å². The molecule has 0 saturated carbocycles. The maximum Gasteiger partial charge on any atom is 0.337 e. The predicted molar refractivity (Wildman–Crippen MR) is 72.4 cm³/mol.